The molecule has 1 aromatic carbocycles. The molecule has 1 saturated heterocycles. The van der Waals surface area contributed by atoms with Gasteiger partial charge in [-0.3, -0.25) is 0 Å². The van der Waals surface area contributed by atoms with Crippen molar-refractivity contribution in [2.45, 2.75) is 57.0 Å². The number of rotatable bonds is 2. The van der Waals surface area contributed by atoms with Crippen LogP contribution in [0.5, 0.6) is 0 Å². The lowest BCUT2D eigenvalue weighted by atomic mass is 9.96. The number of carbonyl (C=O) groups is 1. The van der Waals surface area contributed by atoms with Gasteiger partial charge in [0.25, 0.3) is 0 Å². The van der Waals surface area contributed by atoms with Crippen LogP contribution in [0.1, 0.15) is 56.6 Å². The molecule has 3 rings (SSSR count). The summed E-state index contributed by atoms with van der Waals surface area (Å²) in [4.78, 5) is 14.3. The van der Waals surface area contributed by atoms with Gasteiger partial charge in [-0.25, -0.2) is 9.18 Å². The van der Waals surface area contributed by atoms with E-state index in [0.717, 1.165) is 32.2 Å². The van der Waals surface area contributed by atoms with E-state index in [0.29, 0.717) is 11.6 Å². The molecule has 1 aliphatic carbocycles. The molecule has 2 aliphatic rings. The molecule has 1 heterocycles. The maximum Gasteiger partial charge on any atom is 0.318 e. The average molecular weight is 290 g/mol. The monoisotopic (exact) mass is 290 g/mol. The Bertz CT molecular complexity index is 499. The molecule has 2 fully saturated rings. The van der Waals surface area contributed by atoms with E-state index in [1.165, 1.54) is 25.3 Å². The van der Waals surface area contributed by atoms with Crippen molar-refractivity contribution in [3.63, 3.8) is 0 Å². The van der Waals surface area contributed by atoms with E-state index in [1.807, 2.05) is 11.0 Å². The number of halogens is 1. The van der Waals surface area contributed by atoms with Gasteiger partial charge in [0, 0.05) is 18.2 Å². The van der Waals surface area contributed by atoms with E-state index in [2.05, 4.69) is 5.32 Å². The molecule has 0 spiro atoms. The maximum atomic E-state index is 14.0. The summed E-state index contributed by atoms with van der Waals surface area (Å²) in [6.07, 6.45) is 7.60. The molecular formula is C17H23FN2O. The van der Waals surface area contributed by atoms with Crippen molar-refractivity contribution in [3.8, 4) is 0 Å². The van der Waals surface area contributed by atoms with Gasteiger partial charge < -0.3 is 10.2 Å². The van der Waals surface area contributed by atoms with Crippen molar-refractivity contribution in [1.82, 2.24) is 10.2 Å². The van der Waals surface area contributed by atoms with Gasteiger partial charge in [-0.2, -0.15) is 0 Å². The van der Waals surface area contributed by atoms with E-state index in [9.17, 15) is 9.18 Å². The van der Waals surface area contributed by atoms with E-state index in [4.69, 9.17) is 0 Å². The number of hydrogen-bond acceptors (Lipinski definition) is 1. The van der Waals surface area contributed by atoms with Crippen molar-refractivity contribution >= 4 is 6.03 Å². The topological polar surface area (TPSA) is 32.3 Å². The molecule has 0 aromatic heterocycles. The van der Waals surface area contributed by atoms with Crippen LogP contribution in [0.15, 0.2) is 24.3 Å². The van der Waals surface area contributed by atoms with Gasteiger partial charge in [-0.1, -0.05) is 37.5 Å². The van der Waals surface area contributed by atoms with Gasteiger partial charge in [0.15, 0.2) is 0 Å². The second-order valence-corrected chi connectivity index (χ2v) is 6.16. The first-order chi connectivity index (χ1) is 10.3. The highest BCUT2D eigenvalue weighted by molar-refractivity contribution is 5.75. The highest BCUT2D eigenvalue weighted by Crippen LogP contribution is 2.33. The Morgan fingerprint density at radius 1 is 1.10 bits per heavy atom. The Labute approximate surface area is 125 Å². The third-order valence-corrected chi connectivity index (χ3v) is 4.71. The van der Waals surface area contributed by atoms with Crippen LogP contribution in [0.25, 0.3) is 0 Å². The number of nitrogens with one attached hydrogen (secondary N) is 1. The number of nitrogens with zero attached hydrogens (tertiary/aromatic N) is 1. The van der Waals surface area contributed by atoms with Crippen molar-refractivity contribution in [1.29, 1.82) is 0 Å². The quantitative estimate of drug-likeness (QED) is 0.877. The van der Waals surface area contributed by atoms with Crippen LogP contribution in [-0.4, -0.2) is 23.5 Å². The lowest BCUT2D eigenvalue weighted by molar-refractivity contribution is 0.184. The van der Waals surface area contributed by atoms with Crippen LogP contribution in [0.4, 0.5) is 9.18 Å². The zero-order valence-corrected chi connectivity index (χ0v) is 12.4. The minimum atomic E-state index is -0.208. The molecule has 1 atom stereocenters. The molecule has 1 saturated carbocycles. The van der Waals surface area contributed by atoms with Crippen molar-refractivity contribution in [2.24, 2.45) is 0 Å². The number of likely N-dealkylation sites (tertiary alicyclic amines) is 1. The molecule has 0 bridgehead atoms. The fourth-order valence-electron chi connectivity index (χ4n) is 3.58. The minimum Gasteiger partial charge on any atom is -0.335 e. The molecule has 1 unspecified atom stereocenters. The number of urea groups is 1. The molecule has 1 aliphatic heterocycles. The summed E-state index contributed by atoms with van der Waals surface area (Å²) in [6.45, 7) is 0.720. The molecule has 1 N–H and O–H groups in total. The molecule has 4 heteroatoms. The van der Waals surface area contributed by atoms with Crippen molar-refractivity contribution < 1.29 is 9.18 Å². The third-order valence-electron chi connectivity index (χ3n) is 4.71. The molecule has 3 nitrogen and oxygen atoms in total. The second kappa shape index (κ2) is 6.46. The van der Waals surface area contributed by atoms with Crippen LogP contribution in [0.3, 0.4) is 0 Å². The minimum absolute atomic E-state index is 0.0207. The summed E-state index contributed by atoms with van der Waals surface area (Å²) >= 11 is 0. The highest BCUT2D eigenvalue weighted by Gasteiger charge is 2.32. The fourth-order valence-corrected chi connectivity index (χ4v) is 3.58. The zero-order valence-electron chi connectivity index (χ0n) is 12.4. The summed E-state index contributed by atoms with van der Waals surface area (Å²) in [5, 5.41) is 3.14. The van der Waals surface area contributed by atoms with Gasteiger partial charge in [0.05, 0.1) is 6.04 Å². The van der Waals surface area contributed by atoms with Crippen molar-refractivity contribution in [3.05, 3.63) is 35.6 Å². The second-order valence-electron chi connectivity index (χ2n) is 6.16. The largest absolute Gasteiger partial charge is 0.335 e. The Hall–Kier alpha value is -1.58. The number of carbonyl (C=O) groups excluding carboxylic acids is 1. The lowest BCUT2D eigenvalue weighted by Gasteiger charge is -2.29. The SMILES string of the molecule is O=C(NC1CCCCC1)N1CCCC1c1ccccc1F. The Morgan fingerprint density at radius 2 is 1.86 bits per heavy atom. The van der Waals surface area contributed by atoms with E-state index < -0.39 is 0 Å². The van der Waals surface area contributed by atoms with Crippen LogP contribution in [0.2, 0.25) is 0 Å². The molecule has 1 aromatic rings. The Kier molecular flexibility index (Phi) is 4.42. The first-order valence-corrected chi connectivity index (χ1v) is 8.07. The van der Waals surface area contributed by atoms with E-state index in [-0.39, 0.29) is 17.9 Å². The maximum absolute atomic E-state index is 14.0. The third kappa shape index (κ3) is 3.20. The molecule has 2 amide bonds. The predicted molar refractivity (Wildman–Crippen MR) is 80.5 cm³/mol. The van der Waals surface area contributed by atoms with Crippen LogP contribution in [-0.2, 0) is 0 Å². The van der Waals surface area contributed by atoms with Gasteiger partial charge >= 0.3 is 6.03 Å². The summed E-state index contributed by atoms with van der Waals surface area (Å²) in [7, 11) is 0. The van der Waals surface area contributed by atoms with Crippen LogP contribution >= 0.6 is 0 Å². The summed E-state index contributed by atoms with van der Waals surface area (Å²) < 4.78 is 14.0. The smallest absolute Gasteiger partial charge is 0.318 e. The number of amides is 2. The normalized spacial score (nSPS) is 23.3. The lowest BCUT2D eigenvalue weighted by Crippen LogP contribution is -2.45. The number of benzene rings is 1. The molecule has 114 valence electrons. The molecule has 0 radical (unpaired) electrons. The van der Waals surface area contributed by atoms with E-state index in [1.54, 1.807) is 12.1 Å². The molecule has 21 heavy (non-hydrogen) atoms. The van der Waals surface area contributed by atoms with Gasteiger partial charge in [-0.15, -0.1) is 0 Å². The Balaban J connectivity index is 1.68. The van der Waals surface area contributed by atoms with Crippen LogP contribution in [0, 0.1) is 5.82 Å². The predicted octanol–water partition coefficient (Wildman–Crippen LogP) is 4.00. The average Bonchev–Trinajstić information content (AvgIpc) is 2.98. The Morgan fingerprint density at radius 3 is 2.62 bits per heavy atom. The van der Waals surface area contributed by atoms with Crippen molar-refractivity contribution in [2.75, 3.05) is 6.54 Å². The summed E-state index contributed by atoms with van der Waals surface area (Å²) in [5.41, 5.74) is 0.647. The molecular weight excluding hydrogens is 267 g/mol. The first kappa shape index (κ1) is 14.4. The standard InChI is InChI=1S/C17H23FN2O/c18-15-10-5-4-9-14(15)16-11-6-12-20(16)17(21)19-13-7-2-1-3-8-13/h4-5,9-10,13,16H,1-3,6-8,11-12H2,(H,19,21). The van der Waals surface area contributed by atoms with Crippen LogP contribution < -0.4 is 5.32 Å². The van der Waals surface area contributed by atoms with Gasteiger partial charge in [0.1, 0.15) is 5.82 Å². The summed E-state index contributed by atoms with van der Waals surface area (Å²) in [6, 6.07) is 6.97. The highest BCUT2D eigenvalue weighted by atomic mass is 19.1. The first-order valence-electron chi connectivity index (χ1n) is 8.07. The summed E-state index contributed by atoms with van der Waals surface area (Å²) in [5.74, 6) is -0.208. The van der Waals surface area contributed by atoms with Gasteiger partial charge in [-0.05, 0) is 31.7 Å². The fraction of sp³-hybridized carbons (Fsp3) is 0.588. The van der Waals surface area contributed by atoms with E-state index >= 15 is 0 Å². The van der Waals surface area contributed by atoms with Gasteiger partial charge in [0.2, 0.25) is 0 Å². The zero-order chi connectivity index (χ0) is 14.7. The number of hydrogen-bond donors (Lipinski definition) is 1.